The molecule has 0 aliphatic rings. The van der Waals surface area contributed by atoms with E-state index in [0.29, 0.717) is 5.75 Å². The molecule has 1 rings (SSSR count). The zero-order valence-corrected chi connectivity index (χ0v) is 14.7. The second-order valence-corrected chi connectivity index (χ2v) is 6.73. The van der Waals surface area contributed by atoms with Crippen molar-refractivity contribution in [2.24, 2.45) is 0 Å². The average molecular weight is 344 g/mol. The summed E-state index contributed by atoms with van der Waals surface area (Å²) in [5.41, 5.74) is 0.233. The van der Waals surface area contributed by atoms with Gasteiger partial charge >= 0.3 is 6.09 Å². The molecule has 1 aromatic carbocycles. The normalized spacial score (nSPS) is 12.5. The van der Waals surface area contributed by atoms with Crippen molar-refractivity contribution in [2.75, 3.05) is 19.0 Å². The van der Waals surface area contributed by atoms with Gasteiger partial charge in [0.1, 0.15) is 5.75 Å². The number of amides is 1. The zero-order valence-electron chi connectivity index (χ0n) is 13.9. The molecule has 1 aromatic rings. The highest BCUT2D eigenvalue weighted by atomic mass is 32.2. The number of benzene rings is 1. The summed E-state index contributed by atoms with van der Waals surface area (Å²) in [5.74, 6) is 0.346. The van der Waals surface area contributed by atoms with Crippen molar-refractivity contribution in [3.05, 3.63) is 18.2 Å². The fraction of sp³-hybridized carbons (Fsp3) is 0.533. The molecule has 0 unspecified atom stereocenters. The van der Waals surface area contributed by atoms with Gasteiger partial charge in [0, 0.05) is 6.04 Å². The second-order valence-electron chi connectivity index (χ2n) is 5.02. The first-order valence-electron chi connectivity index (χ1n) is 7.48. The lowest BCUT2D eigenvalue weighted by molar-refractivity contribution is 0.168. The van der Waals surface area contributed by atoms with Gasteiger partial charge < -0.3 is 9.47 Å². The van der Waals surface area contributed by atoms with Crippen molar-refractivity contribution in [3.63, 3.8) is 0 Å². The lowest BCUT2D eigenvalue weighted by atomic mass is 10.2. The minimum Gasteiger partial charge on any atom is -0.495 e. The van der Waals surface area contributed by atoms with Crippen LogP contribution >= 0.6 is 0 Å². The van der Waals surface area contributed by atoms with E-state index in [9.17, 15) is 13.2 Å². The smallest absolute Gasteiger partial charge is 0.411 e. The molecular weight excluding hydrogens is 320 g/mol. The Hall–Kier alpha value is -1.80. The van der Waals surface area contributed by atoms with Crippen LogP contribution < -0.4 is 14.8 Å². The minimum absolute atomic E-state index is 0.0491. The number of ether oxygens (including phenoxy) is 2. The monoisotopic (exact) mass is 344 g/mol. The van der Waals surface area contributed by atoms with Gasteiger partial charge in [-0.3, -0.25) is 5.32 Å². The van der Waals surface area contributed by atoms with E-state index >= 15 is 0 Å². The number of methoxy groups -OCH3 is 1. The largest absolute Gasteiger partial charge is 0.495 e. The summed E-state index contributed by atoms with van der Waals surface area (Å²) in [6.45, 7) is 5.68. The summed E-state index contributed by atoms with van der Waals surface area (Å²) >= 11 is 0. The molecule has 0 bridgehead atoms. The zero-order chi connectivity index (χ0) is 17.5. The van der Waals surface area contributed by atoms with Crippen LogP contribution in [0, 0.1) is 0 Å². The van der Waals surface area contributed by atoms with Gasteiger partial charge in [-0.25, -0.2) is 17.9 Å². The Morgan fingerprint density at radius 3 is 2.57 bits per heavy atom. The van der Waals surface area contributed by atoms with E-state index in [0.717, 1.165) is 12.8 Å². The van der Waals surface area contributed by atoms with E-state index in [1.807, 2.05) is 13.8 Å². The molecule has 0 aromatic heterocycles. The fourth-order valence-electron chi connectivity index (χ4n) is 2.05. The SMILES string of the molecule is CCC[C@@H](C)NS(=O)(=O)c1ccc(OC)c(NC(=O)OCC)c1. The summed E-state index contributed by atoms with van der Waals surface area (Å²) in [5, 5.41) is 2.47. The van der Waals surface area contributed by atoms with Gasteiger partial charge in [-0.2, -0.15) is 0 Å². The predicted octanol–water partition coefficient (Wildman–Crippen LogP) is 2.73. The third kappa shape index (κ3) is 5.72. The Morgan fingerprint density at radius 1 is 1.30 bits per heavy atom. The van der Waals surface area contributed by atoms with Crippen molar-refractivity contribution in [3.8, 4) is 5.75 Å². The van der Waals surface area contributed by atoms with Crippen molar-refractivity contribution in [1.82, 2.24) is 4.72 Å². The number of hydrogen-bond acceptors (Lipinski definition) is 5. The summed E-state index contributed by atoms with van der Waals surface area (Å²) in [4.78, 5) is 11.6. The Bertz CT molecular complexity index is 631. The molecule has 0 saturated heterocycles. The van der Waals surface area contributed by atoms with Crippen molar-refractivity contribution >= 4 is 21.8 Å². The molecule has 1 amide bonds. The number of carbonyl (C=O) groups is 1. The molecule has 23 heavy (non-hydrogen) atoms. The van der Waals surface area contributed by atoms with Gasteiger partial charge in [-0.15, -0.1) is 0 Å². The molecule has 0 saturated carbocycles. The molecule has 1 atom stereocenters. The molecule has 2 N–H and O–H groups in total. The van der Waals surface area contributed by atoms with Crippen LogP contribution in [-0.2, 0) is 14.8 Å². The molecular formula is C15H24N2O5S. The molecule has 0 heterocycles. The maximum absolute atomic E-state index is 12.4. The Morgan fingerprint density at radius 2 is 2.00 bits per heavy atom. The molecule has 0 aliphatic heterocycles. The van der Waals surface area contributed by atoms with Gasteiger partial charge in [-0.05, 0) is 38.5 Å². The van der Waals surface area contributed by atoms with E-state index in [2.05, 4.69) is 10.0 Å². The second kappa shape index (κ2) is 8.73. The predicted molar refractivity (Wildman–Crippen MR) is 88.3 cm³/mol. The van der Waals surface area contributed by atoms with E-state index in [1.165, 1.54) is 25.3 Å². The Labute approximate surface area is 137 Å². The first-order chi connectivity index (χ1) is 10.8. The van der Waals surface area contributed by atoms with Crippen molar-refractivity contribution in [1.29, 1.82) is 0 Å². The van der Waals surface area contributed by atoms with Crippen LogP contribution in [0.5, 0.6) is 5.75 Å². The van der Waals surface area contributed by atoms with Crippen molar-refractivity contribution in [2.45, 2.75) is 44.6 Å². The summed E-state index contributed by atoms with van der Waals surface area (Å²) < 4.78 is 37.3. The van der Waals surface area contributed by atoms with Crippen LogP contribution in [-0.4, -0.2) is 34.3 Å². The first kappa shape index (κ1) is 19.2. The topological polar surface area (TPSA) is 93.7 Å². The minimum atomic E-state index is -3.67. The number of hydrogen-bond donors (Lipinski definition) is 2. The van der Waals surface area contributed by atoms with Crippen LogP contribution in [0.4, 0.5) is 10.5 Å². The first-order valence-corrected chi connectivity index (χ1v) is 8.96. The standard InChI is InChI=1S/C15H24N2O5S/c1-5-7-11(3)17-23(19,20)12-8-9-14(21-4)13(10-12)16-15(18)22-6-2/h8-11,17H,5-7H2,1-4H3,(H,16,18)/t11-/m1/s1. The lowest BCUT2D eigenvalue weighted by Gasteiger charge is -2.15. The van der Waals surface area contributed by atoms with Gasteiger partial charge in [0.15, 0.2) is 0 Å². The molecule has 130 valence electrons. The van der Waals surface area contributed by atoms with Gasteiger partial charge in [0.2, 0.25) is 10.0 Å². The molecule has 0 spiro atoms. The highest BCUT2D eigenvalue weighted by molar-refractivity contribution is 7.89. The van der Waals surface area contributed by atoms with Crippen LogP contribution in [0.3, 0.4) is 0 Å². The molecule has 0 fully saturated rings. The number of carbonyl (C=O) groups excluding carboxylic acids is 1. The highest BCUT2D eigenvalue weighted by Gasteiger charge is 2.19. The number of rotatable bonds is 8. The summed E-state index contributed by atoms with van der Waals surface area (Å²) in [6.07, 6.45) is 0.943. The van der Waals surface area contributed by atoms with E-state index < -0.39 is 16.1 Å². The average Bonchev–Trinajstić information content (AvgIpc) is 2.47. The molecule has 0 aliphatic carbocycles. The van der Waals surface area contributed by atoms with E-state index in [4.69, 9.17) is 9.47 Å². The van der Waals surface area contributed by atoms with Crippen LogP contribution in [0.2, 0.25) is 0 Å². The Balaban J connectivity index is 3.06. The maximum atomic E-state index is 12.4. The van der Waals surface area contributed by atoms with Crippen molar-refractivity contribution < 1.29 is 22.7 Å². The van der Waals surface area contributed by atoms with Gasteiger partial charge in [0.25, 0.3) is 0 Å². The van der Waals surface area contributed by atoms with E-state index in [1.54, 1.807) is 6.92 Å². The molecule has 7 nitrogen and oxygen atoms in total. The van der Waals surface area contributed by atoms with Crippen LogP contribution in [0.1, 0.15) is 33.6 Å². The number of anilines is 1. The van der Waals surface area contributed by atoms with Gasteiger partial charge in [-0.1, -0.05) is 13.3 Å². The number of sulfonamides is 1. The summed E-state index contributed by atoms with van der Waals surface area (Å²) in [6, 6.07) is 4.08. The third-order valence-electron chi connectivity index (χ3n) is 3.07. The van der Waals surface area contributed by atoms with Crippen LogP contribution in [0.25, 0.3) is 0 Å². The number of nitrogens with one attached hydrogen (secondary N) is 2. The summed E-state index contributed by atoms with van der Waals surface area (Å²) in [7, 11) is -2.24. The third-order valence-corrected chi connectivity index (χ3v) is 4.66. The molecule has 8 heteroatoms. The molecule has 0 radical (unpaired) electrons. The lowest BCUT2D eigenvalue weighted by Crippen LogP contribution is -2.32. The Kier molecular flexibility index (Phi) is 7.31. The quantitative estimate of drug-likeness (QED) is 0.756. The van der Waals surface area contributed by atoms with Gasteiger partial charge in [0.05, 0.1) is 24.3 Å². The fourth-order valence-corrected chi connectivity index (χ4v) is 3.36. The van der Waals surface area contributed by atoms with Crippen LogP contribution in [0.15, 0.2) is 23.1 Å². The maximum Gasteiger partial charge on any atom is 0.411 e. The highest BCUT2D eigenvalue weighted by Crippen LogP contribution is 2.27. The van der Waals surface area contributed by atoms with E-state index in [-0.39, 0.29) is 23.2 Å².